The highest BCUT2D eigenvalue weighted by Crippen LogP contribution is 2.30. The van der Waals surface area contributed by atoms with Gasteiger partial charge in [0.05, 0.1) is 5.69 Å². The Kier molecular flexibility index (Phi) is 2.69. The molecule has 0 aliphatic heterocycles. The van der Waals surface area contributed by atoms with Gasteiger partial charge in [-0.1, -0.05) is 0 Å². The first-order valence-electron chi connectivity index (χ1n) is 3.61. The molecule has 0 atom stereocenters. The highest BCUT2D eigenvalue weighted by molar-refractivity contribution is 5.42. The molecule has 0 aliphatic rings. The second kappa shape index (κ2) is 3.52. The molecule has 1 rings (SSSR count). The van der Waals surface area contributed by atoms with Gasteiger partial charge in [0, 0.05) is 6.07 Å². The van der Waals surface area contributed by atoms with Gasteiger partial charge in [0.15, 0.2) is 5.43 Å². The molecule has 8 heteroatoms. The molecule has 0 aliphatic carbocycles. The highest BCUT2D eigenvalue weighted by atomic mass is 19.4. The van der Waals surface area contributed by atoms with Crippen molar-refractivity contribution in [2.24, 2.45) is 0 Å². The molecule has 0 amide bonds. The van der Waals surface area contributed by atoms with Gasteiger partial charge < -0.3 is 10.7 Å². The number of halogens is 5. The summed E-state index contributed by atoms with van der Waals surface area (Å²) in [5.41, 5.74) is 0.663. The third-order valence-electron chi connectivity index (χ3n) is 1.60. The minimum atomic E-state index is -4.96. The van der Waals surface area contributed by atoms with Crippen molar-refractivity contribution in [1.29, 1.82) is 0 Å². The Morgan fingerprint density at radius 1 is 1.33 bits per heavy atom. The van der Waals surface area contributed by atoms with Gasteiger partial charge in [0.2, 0.25) is 0 Å². The third kappa shape index (κ3) is 2.25. The first-order chi connectivity index (χ1) is 6.73. The van der Waals surface area contributed by atoms with E-state index in [9.17, 15) is 26.7 Å². The number of rotatable bonds is 1. The largest absolute Gasteiger partial charge is 0.423 e. The molecule has 0 saturated heterocycles. The second-order valence-electron chi connectivity index (χ2n) is 2.68. The molecular formula is C7H5F5N2O. The van der Waals surface area contributed by atoms with Crippen LogP contribution in [0.25, 0.3) is 0 Å². The van der Waals surface area contributed by atoms with E-state index in [0.29, 0.717) is 0 Å². The number of alkyl halides is 5. The molecule has 0 saturated carbocycles. The summed E-state index contributed by atoms with van der Waals surface area (Å²) < 4.78 is 60.6. The lowest BCUT2D eigenvalue weighted by molar-refractivity contribution is -0.137. The Bertz CT molecular complexity index is 422. The summed E-state index contributed by atoms with van der Waals surface area (Å²) in [6, 6.07) is 0.184. The standard InChI is InChI=1S/C7H5F5N2O/c8-5(9)2-1-3(15)4(6(13)14-2)7(10,11)12/h1,5H,(H3,13,14,15). The molecule has 15 heavy (non-hydrogen) atoms. The first-order valence-corrected chi connectivity index (χ1v) is 3.61. The number of H-pyrrole nitrogens is 1. The van der Waals surface area contributed by atoms with E-state index in [0.717, 1.165) is 0 Å². The highest BCUT2D eigenvalue weighted by Gasteiger charge is 2.37. The zero-order valence-corrected chi connectivity index (χ0v) is 7.03. The number of nitrogens with one attached hydrogen (secondary N) is 1. The molecule has 0 radical (unpaired) electrons. The van der Waals surface area contributed by atoms with Gasteiger partial charge >= 0.3 is 6.18 Å². The second-order valence-corrected chi connectivity index (χ2v) is 2.68. The molecule has 0 bridgehead atoms. The molecule has 0 unspecified atom stereocenters. The Morgan fingerprint density at radius 3 is 2.20 bits per heavy atom. The van der Waals surface area contributed by atoms with Gasteiger partial charge in [0.1, 0.15) is 11.4 Å². The Hall–Kier alpha value is -1.60. The van der Waals surface area contributed by atoms with Crippen LogP contribution in [0.5, 0.6) is 0 Å². The predicted octanol–water partition coefficient (Wildman–Crippen LogP) is 1.91. The Morgan fingerprint density at radius 2 is 1.87 bits per heavy atom. The summed E-state index contributed by atoms with van der Waals surface area (Å²) in [7, 11) is 0. The summed E-state index contributed by atoms with van der Waals surface area (Å²) in [5.74, 6) is -1.11. The molecule has 3 nitrogen and oxygen atoms in total. The van der Waals surface area contributed by atoms with Crippen LogP contribution in [-0.2, 0) is 6.18 Å². The summed E-state index contributed by atoms with van der Waals surface area (Å²) in [4.78, 5) is 12.5. The van der Waals surface area contributed by atoms with Crippen molar-refractivity contribution in [2.75, 3.05) is 5.73 Å². The van der Waals surface area contributed by atoms with Crippen LogP contribution in [0.3, 0.4) is 0 Å². The third-order valence-corrected chi connectivity index (χ3v) is 1.60. The fourth-order valence-electron chi connectivity index (χ4n) is 1.01. The van der Waals surface area contributed by atoms with Crippen molar-refractivity contribution in [3.05, 3.63) is 27.5 Å². The zero-order chi connectivity index (χ0) is 11.8. The summed E-state index contributed by atoms with van der Waals surface area (Å²) in [5, 5.41) is 0. The number of aromatic amines is 1. The summed E-state index contributed by atoms with van der Waals surface area (Å²) >= 11 is 0. The number of nitrogen functional groups attached to an aromatic ring is 1. The minimum Gasteiger partial charge on any atom is -0.385 e. The maximum atomic E-state index is 12.2. The number of nitrogens with two attached hydrogens (primary N) is 1. The van der Waals surface area contributed by atoms with Crippen molar-refractivity contribution < 1.29 is 22.0 Å². The monoisotopic (exact) mass is 228 g/mol. The average Bonchev–Trinajstić information content (AvgIpc) is 1.99. The molecule has 0 spiro atoms. The van der Waals surface area contributed by atoms with Crippen LogP contribution >= 0.6 is 0 Å². The van der Waals surface area contributed by atoms with E-state index in [1.54, 1.807) is 4.98 Å². The lowest BCUT2D eigenvalue weighted by atomic mass is 10.2. The topological polar surface area (TPSA) is 58.9 Å². The Balaban J connectivity index is 3.42. The number of pyridine rings is 1. The fourth-order valence-corrected chi connectivity index (χ4v) is 1.01. The maximum absolute atomic E-state index is 12.2. The van der Waals surface area contributed by atoms with E-state index in [1.165, 1.54) is 0 Å². The van der Waals surface area contributed by atoms with Crippen molar-refractivity contribution >= 4 is 5.82 Å². The molecule has 3 N–H and O–H groups in total. The minimum absolute atomic E-state index is 0.184. The van der Waals surface area contributed by atoms with Gasteiger partial charge in [-0.15, -0.1) is 0 Å². The molecule has 84 valence electrons. The summed E-state index contributed by atoms with van der Waals surface area (Å²) in [6.07, 6.45) is -8.04. The molecule has 0 aromatic carbocycles. The predicted molar refractivity (Wildman–Crippen MR) is 41.4 cm³/mol. The lowest BCUT2D eigenvalue weighted by Crippen LogP contribution is -2.23. The van der Waals surface area contributed by atoms with E-state index in [4.69, 9.17) is 5.73 Å². The molecule has 1 aromatic rings. The van der Waals surface area contributed by atoms with Crippen LogP contribution in [0.15, 0.2) is 10.9 Å². The van der Waals surface area contributed by atoms with E-state index in [-0.39, 0.29) is 6.07 Å². The van der Waals surface area contributed by atoms with E-state index < -0.39 is 35.1 Å². The number of hydrogen-bond acceptors (Lipinski definition) is 2. The van der Waals surface area contributed by atoms with Crippen molar-refractivity contribution in [2.45, 2.75) is 12.6 Å². The normalized spacial score (nSPS) is 12.1. The van der Waals surface area contributed by atoms with Crippen LogP contribution in [-0.4, -0.2) is 4.98 Å². The molecule has 1 heterocycles. The Labute approximate surface area is 79.7 Å². The quantitative estimate of drug-likeness (QED) is 0.721. The van der Waals surface area contributed by atoms with Crippen LogP contribution in [0.2, 0.25) is 0 Å². The maximum Gasteiger partial charge on any atom is 0.423 e. The lowest BCUT2D eigenvalue weighted by Gasteiger charge is -2.10. The van der Waals surface area contributed by atoms with Gasteiger partial charge in [-0.3, -0.25) is 4.79 Å². The number of anilines is 1. The van der Waals surface area contributed by atoms with Crippen molar-refractivity contribution in [3.63, 3.8) is 0 Å². The van der Waals surface area contributed by atoms with Gasteiger partial charge in [-0.2, -0.15) is 13.2 Å². The van der Waals surface area contributed by atoms with Crippen LogP contribution in [0.1, 0.15) is 17.7 Å². The summed E-state index contributed by atoms with van der Waals surface area (Å²) in [6.45, 7) is 0. The molecule has 1 aromatic heterocycles. The van der Waals surface area contributed by atoms with Crippen molar-refractivity contribution in [3.8, 4) is 0 Å². The fraction of sp³-hybridized carbons (Fsp3) is 0.286. The zero-order valence-electron chi connectivity index (χ0n) is 7.03. The van der Waals surface area contributed by atoms with Crippen LogP contribution in [0.4, 0.5) is 27.8 Å². The van der Waals surface area contributed by atoms with Crippen molar-refractivity contribution in [1.82, 2.24) is 4.98 Å². The smallest absolute Gasteiger partial charge is 0.385 e. The van der Waals surface area contributed by atoms with Gasteiger partial charge in [0.25, 0.3) is 6.43 Å². The number of aromatic nitrogens is 1. The van der Waals surface area contributed by atoms with Gasteiger partial charge in [-0.25, -0.2) is 8.78 Å². The molecule has 0 fully saturated rings. The van der Waals surface area contributed by atoms with Crippen LogP contribution < -0.4 is 11.2 Å². The van der Waals surface area contributed by atoms with E-state index >= 15 is 0 Å². The van der Waals surface area contributed by atoms with E-state index in [1.807, 2.05) is 0 Å². The molecular weight excluding hydrogens is 223 g/mol. The van der Waals surface area contributed by atoms with Gasteiger partial charge in [-0.05, 0) is 0 Å². The SMILES string of the molecule is Nc1[nH]c(C(F)F)cc(=O)c1C(F)(F)F. The van der Waals surface area contributed by atoms with Crippen LogP contribution in [0, 0.1) is 0 Å². The average molecular weight is 228 g/mol. The van der Waals surface area contributed by atoms with E-state index in [2.05, 4.69) is 0 Å². The first kappa shape index (κ1) is 11.5. The number of hydrogen-bond donors (Lipinski definition) is 2.